The number of benzene rings is 1. The van der Waals surface area contributed by atoms with Crippen molar-refractivity contribution in [3.63, 3.8) is 0 Å². The number of nitrogens with one attached hydrogen (secondary N) is 1. The third-order valence-electron chi connectivity index (χ3n) is 4.59. The number of hydrogen-bond donors (Lipinski definition) is 2. The van der Waals surface area contributed by atoms with Gasteiger partial charge in [-0.3, -0.25) is 0 Å². The number of amides is 1. The number of rotatable bonds is 16. The van der Waals surface area contributed by atoms with E-state index in [9.17, 15) is 14.7 Å². The van der Waals surface area contributed by atoms with E-state index in [4.69, 9.17) is 23.7 Å². The minimum absolute atomic E-state index is 0.0485. The Bertz CT molecular complexity index is 782. The molecule has 1 aromatic carbocycles. The highest BCUT2D eigenvalue weighted by molar-refractivity contribution is 5.81. The highest BCUT2D eigenvalue weighted by atomic mass is 16.6. The molecule has 1 aromatic rings. The Morgan fingerprint density at radius 3 is 2.21 bits per heavy atom. The van der Waals surface area contributed by atoms with Crippen LogP contribution in [0.5, 0.6) is 0 Å². The zero-order valence-corrected chi connectivity index (χ0v) is 20.5. The van der Waals surface area contributed by atoms with E-state index in [1.54, 1.807) is 6.92 Å². The topological polar surface area (TPSA) is 113 Å². The first-order chi connectivity index (χ1) is 16.2. The van der Waals surface area contributed by atoms with Crippen molar-refractivity contribution in [3.8, 4) is 0 Å². The Morgan fingerprint density at radius 2 is 1.65 bits per heavy atom. The Kier molecular flexibility index (Phi) is 13.8. The van der Waals surface area contributed by atoms with Crippen molar-refractivity contribution in [1.82, 2.24) is 5.32 Å². The standard InChI is InChI=1S/C25H37NO8/c1-17(2)13-32-22(12-27)23(33-14-18(3)4)19(5)31-16-21(24(28)30-6)26-25(29)34-15-20-10-8-7-9-11-20/h7-11,19,21-23,27H,1,3,12-16H2,2,4-6H3,(H,26,29)/t19-,21?,22-,23-/m0/s1. The highest BCUT2D eigenvalue weighted by Crippen LogP contribution is 2.15. The van der Waals surface area contributed by atoms with Gasteiger partial charge in [0.2, 0.25) is 0 Å². The SMILES string of the molecule is C=C(C)CO[C@@H]([C@H](C)OCC(NC(=O)OCc1ccccc1)C(=O)OC)[C@H](CO)OCC(=C)C. The maximum absolute atomic E-state index is 12.2. The smallest absolute Gasteiger partial charge is 0.408 e. The van der Waals surface area contributed by atoms with E-state index in [0.29, 0.717) is 0 Å². The molecule has 1 unspecified atom stereocenters. The van der Waals surface area contributed by atoms with Crippen molar-refractivity contribution in [2.75, 3.05) is 33.5 Å². The van der Waals surface area contributed by atoms with Crippen molar-refractivity contribution in [1.29, 1.82) is 0 Å². The summed E-state index contributed by atoms with van der Waals surface area (Å²) in [6.45, 7) is 13.0. The highest BCUT2D eigenvalue weighted by Gasteiger charge is 2.31. The molecule has 2 N–H and O–H groups in total. The number of hydrogen-bond acceptors (Lipinski definition) is 8. The fraction of sp³-hybridized carbons (Fsp3) is 0.520. The molecule has 0 saturated heterocycles. The van der Waals surface area contributed by atoms with Gasteiger partial charge in [-0.05, 0) is 26.3 Å². The van der Waals surface area contributed by atoms with Crippen LogP contribution >= 0.6 is 0 Å². The fourth-order valence-corrected chi connectivity index (χ4v) is 2.85. The maximum Gasteiger partial charge on any atom is 0.408 e. The van der Waals surface area contributed by atoms with Crippen molar-refractivity contribution >= 4 is 12.1 Å². The molecule has 0 radical (unpaired) electrons. The molecule has 9 heteroatoms. The molecule has 0 aliphatic rings. The van der Waals surface area contributed by atoms with Crippen LogP contribution in [0.15, 0.2) is 54.6 Å². The lowest BCUT2D eigenvalue weighted by molar-refractivity contribution is -0.153. The third-order valence-corrected chi connectivity index (χ3v) is 4.59. The lowest BCUT2D eigenvalue weighted by Gasteiger charge is -2.31. The van der Waals surface area contributed by atoms with Gasteiger partial charge in [-0.1, -0.05) is 54.6 Å². The molecule has 0 heterocycles. The molecule has 0 saturated carbocycles. The van der Waals surface area contributed by atoms with Gasteiger partial charge in [-0.15, -0.1) is 0 Å². The van der Waals surface area contributed by atoms with Gasteiger partial charge in [-0.2, -0.15) is 0 Å². The number of aliphatic hydroxyl groups excluding tert-OH is 1. The van der Waals surface area contributed by atoms with Crippen LogP contribution in [-0.2, 0) is 35.1 Å². The number of aliphatic hydroxyl groups is 1. The fourth-order valence-electron chi connectivity index (χ4n) is 2.85. The number of methoxy groups -OCH3 is 1. The summed E-state index contributed by atoms with van der Waals surface area (Å²) in [5.41, 5.74) is 2.37. The van der Waals surface area contributed by atoms with Crippen LogP contribution in [0.4, 0.5) is 4.79 Å². The first kappa shape index (κ1) is 29.3. The molecule has 0 fully saturated rings. The summed E-state index contributed by atoms with van der Waals surface area (Å²) in [5, 5.41) is 12.3. The predicted molar refractivity (Wildman–Crippen MR) is 127 cm³/mol. The van der Waals surface area contributed by atoms with Gasteiger partial charge in [0.15, 0.2) is 6.04 Å². The average Bonchev–Trinajstić information content (AvgIpc) is 2.82. The number of carbonyl (C=O) groups is 2. The van der Waals surface area contributed by atoms with Crippen LogP contribution in [0.25, 0.3) is 0 Å². The monoisotopic (exact) mass is 479 g/mol. The molecule has 0 bridgehead atoms. The second kappa shape index (κ2) is 16.0. The molecule has 1 rings (SSSR count). The Balaban J connectivity index is 2.77. The zero-order chi connectivity index (χ0) is 25.5. The molecular weight excluding hydrogens is 442 g/mol. The minimum atomic E-state index is -1.11. The predicted octanol–water partition coefficient (Wildman–Crippen LogP) is 2.77. The number of alkyl carbamates (subject to hydrolysis) is 1. The summed E-state index contributed by atoms with van der Waals surface area (Å²) >= 11 is 0. The van der Waals surface area contributed by atoms with Gasteiger partial charge in [0.25, 0.3) is 0 Å². The molecular formula is C25H37NO8. The molecule has 0 spiro atoms. The zero-order valence-electron chi connectivity index (χ0n) is 20.5. The van der Waals surface area contributed by atoms with E-state index in [-0.39, 0.29) is 33.0 Å². The van der Waals surface area contributed by atoms with Gasteiger partial charge in [0, 0.05) is 0 Å². The van der Waals surface area contributed by atoms with E-state index in [0.717, 1.165) is 16.7 Å². The van der Waals surface area contributed by atoms with Gasteiger partial charge < -0.3 is 34.1 Å². The van der Waals surface area contributed by atoms with Crippen LogP contribution in [0.3, 0.4) is 0 Å². The first-order valence-electron chi connectivity index (χ1n) is 11.0. The van der Waals surface area contributed by atoms with Crippen LogP contribution in [-0.4, -0.2) is 75.1 Å². The molecule has 1 amide bonds. The molecule has 0 aromatic heterocycles. The summed E-state index contributed by atoms with van der Waals surface area (Å²) < 4.78 is 27.4. The Hall–Kier alpha value is -2.72. The van der Waals surface area contributed by atoms with Crippen molar-refractivity contribution < 1.29 is 38.4 Å². The molecule has 0 aliphatic carbocycles. The molecule has 190 valence electrons. The normalized spacial score (nSPS) is 14.4. The Morgan fingerprint density at radius 1 is 1.03 bits per heavy atom. The molecule has 4 atom stereocenters. The Labute approximate surface area is 201 Å². The minimum Gasteiger partial charge on any atom is -0.467 e. The van der Waals surface area contributed by atoms with E-state index in [1.807, 2.05) is 44.2 Å². The van der Waals surface area contributed by atoms with E-state index in [2.05, 4.69) is 18.5 Å². The number of esters is 1. The largest absolute Gasteiger partial charge is 0.467 e. The number of ether oxygens (including phenoxy) is 5. The second-order valence-electron chi connectivity index (χ2n) is 8.04. The molecule has 0 aliphatic heterocycles. The van der Waals surface area contributed by atoms with Crippen LogP contribution in [0.1, 0.15) is 26.3 Å². The van der Waals surface area contributed by atoms with Crippen molar-refractivity contribution in [3.05, 3.63) is 60.2 Å². The van der Waals surface area contributed by atoms with Crippen molar-refractivity contribution in [2.24, 2.45) is 0 Å². The summed E-state index contributed by atoms with van der Waals surface area (Å²) in [7, 11) is 1.21. The van der Waals surface area contributed by atoms with Gasteiger partial charge in [0.05, 0.1) is 39.6 Å². The number of carbonyl (C=O) groups excluding carboxylic acids is 2. The summed E-state index contributed by atoms with van der Waals surface area (Å²) in [5.74, 6) is -0.694. The lowest BCUT2D eigenvalue weighted by Crippen LogP contribution is -2.48. The van der Waals surface area contributed by atoms with E-state index in [1.165, 1.54) is 7.11 Å². The summed E-state index contributed by atoms with van der Waals surface area (Å²) in [4.78, 5) is 24.4. The lowest BCUT2D eigenvalue weighted by atomic mass is 10.1. The maximum atomic E-state index is 12.2. The average molecular weight is 480 g/mol. The second-order valence-corrected chi connectivity index (χ2v) is 8.04. The van der Waals surface area contributed by atoms with Crippen LogP contribution < -0.4 is 5.32 Å². The van der Waals surface area contributed by atoms with Gasteiger partial charge >= 0.3 is 12.1 Å². The summed E-state index contributed by atoms with van der Waals surface area (Å²) in [6.07, 6.45) is -2.78. The van der Waals surface area contributed by atoms with E-state index >= 15 is 0 Å². The van der Waals surface area contributed by atoms with Crippen LogP contribution in [0.2, 0.25) is 0 Å². The van der Waals surface area contributed by atoms with Crippen LogP contribution in [0, 0.1) is 0 Å². The quantitative estimate of drug-likeness (QED) is 0.275. The van der Waals surface area contributed by atoms with Gasteiger partial charge in [-0.25, -0.2) is 9.59 Å². The first-order valence-corrected chi connectivity index (χ1v) is 11.0. The molecule has 9 nitrogen and oxygen atoms in total. The third kappa shape index (κ3) is 11.4. The van der Waals surface area contributed by atoms with Gasteiger partial charge in [0.1, 0.15) is 18.8 Å². The van der Waals surface area contributed by atoms with E-state index < -0.39 is 36.4 Å². The summed E-state index contributed by atoms with van der Waals surface area (Å²) in [6, 6.07) is 8.03. The molecule has 34 heavy (non-hydrogen) atoms. The van der Waals surface area contributed by atoms with Crippen molar-refractivity contribution in [2.45, 2.75) is 51.7 Å².